The number of aliphatic carboxylic acids is 1. The van der Waals surface area contributed by atoms with Crippen LogP contribution in [0.3, 0.4) is 0 Å². The smallest absolute Gasteiger partial charge is 0.341 e. The standard InChI is InChI=1S/C21H23N3O5/c25-19(26)13-29-18-8-4-14(5-9-18)10-11-22-20(27)15-2-1-3-17(12-15)24-21(28)23-16-6-7-16/h1-5,8-9,12,16H,6-7,10-11,13H2,(H,22,27)(H,25,26)(H2,23,24,28). The van der Waals surface area contributed by atoms with Crippen LogP contribution in [0.25, 0.3) is 0 Å². The van der Waals surface area contributed by atoms with Crippen LogP contribution < -0.4 is 20.7 Å². The zero-order valence-corrected chi connectivity index (χ0v) is 15.8. The maximum absolute atomic E-state index is 12.3. The highest BCUT2D eigenvalue weighted by Gasteiger charge is 2.23. The molecule has 152 valence electrons. The predicted molar refractivity (Wildman–Crippen MR) is 107 cm³/mol. The lowest BCUT2D eigenvalue weighted by molar-refractivity contribution is -0.139. The van der Waals surface area contributed by atoms with Gasteiger partial charge in [0.05, 0.1) is 0 Å². The van der Waals surface area contributed by atoms with E-state index in [0.29, 0.717) is 30.0 Å². The average Bonchev–Trinajstić information content (AvgIpc) is 3.51. The minimum Gasteiger partial charge on any atom is -0.482 e. The van der Waals surface area contributed by atoms with E-state index in [2.05, 4.69) is 16.0 Å². The van der Waals surface area contributed by atoms with E-state index >= 15 is 0 Å². The van der Waals surface area contributed by atoms with Crippen LogP contribution in [0, 0.1) is 0 Å². The molecule has 2 aromatic carbocycles. The number of hydrogen-bond acceptors (Lipinski definition) is 4. The Labute approximate surface area is 168 Å². The second kappa shape index (κ2) is 9.59. The van der Waals surface area contributed by atoms with Crippen molar-refractivity contribution >= 4 is 23.6 Å². The van der Waals surface area contributed by atoms with Crippen molar-refractivity contribution in [3.8, 4) is 5.75 Å². The van der Waals surface area contributed by atoms with Crippen molar-refractivity contribution in [1.29, 1.82) is 0 Å². The monoisotopic (exact) mass is 397 g/mol. The van der Waals surface area contributed by atoms with Crippen LogP contribution in [0.15, 0.2) is 48.5 Å². The number of rotatable bonds is 9. The number of urea groups is 1. The molecular weight excluding hydrogens is 374 g/mol. The third-order valence-electron chi connectivity index (χ3n) is 4.28. The largest absolute Gasteiger partial charge is 0.482 e. The van der Waals surface area contributed by atoms with Crippen LogP contribution in [0.1, 0.15) is 28.8 Å². The van der Waals surface area contributed by atoms with Gasteiger partial charge in [0.15, 0.2) is 6.61 Å². The molecule has 0 radical (unpaired) electrons. The molecule has 1 aliphatic carbocycles. The fourth-order valence-electron chi connectivity index (χ4n) is 2.64. The van der Waals surface area contributed by atoms with Crippen LogP contribution in [0.2, 0.25) is 0 Å². The van der Waals surface area contributed by atoms with Gasteiger partial charge in [-0.25, -0.2) is 9.59 Å². The first kappa shape index (κ1) is 20.2. The van der Waals surface area contributed by atoms with Crippen molar-refractivity contribution in [2.45, 2.75) is 25.3 Å². The maximum atomic E-state index is 12.3. The molecule has 0 saturated heterocycles. The lowest BCUT2D eigenvalue weighted by atomic mass is 10.1. The Hall–Kier alpha value is -3.55. The highest BCUT2D eigenvalue weighted by molar-refractivity contribution is 5.96. The van der Waals surface area contributed by atoms with Gasteiger partial charge in [-0.1, -0.05) is 18.2 Å². The number of hydrogen-bond donors (Lipinski definition) is 4. The summed E-state index contributed by atoms with van der Waals surface area (Å²) >= 11 is 0. The van der Waals surface area contributed by atoms with E-state index in [1.165, 1.54) is 0 Å². The molecule has 8 nitrogen and oxygen atoms in total. The molecule has 1 saturated carbocycles. The lowest BCUT2D eigenvalue weighted by Crippen LogP contribution is -2.30. The topological polar surface area (TPSA) is 117 Å². The van der Waals surface area contributed by atoms with Crippen LogP contribution in [-0.2, 0) is 11.2 Å². The number of carbonyl (C=O) groups is 3. The van der Waals surface area contributed by atoms with E-state index in [1.807, 2.05) is 12.1 Å². The summed E-state index contributed by atoms with van der Waals surface area (Å²) in [5, 5.41) is 17.0. The Morgan fingerprint density at radius 3 is 2.52 bits per heavy atom. The number of ether oxygens (including phenoxy) is 1. The molecule has 2 aromatic rings. The first-order valence-corrected chi connectivity index (χ1v) is 9.39. The first-order chi connectivity index (χ1) is 14.0. The molecule has 0 heterocycles. The Balaban J connectivity index is 1.44. The maximum Gasteiger partial charge on any atom is 0.341 e. The summed E-state index contributed by atoms with van der Waals surface area (Å²) in [5.74, 6) is -0.771. The van der Waals surface area contributed by atoms with Gasteiger partial charge in [0, 0.05) is 23.8 Å². The van der Waals surface area contributed by atoms with E-state index < -0.39 is 5.97 Å². The van der Waals surface area contributed by atoms with Crippen LogP contribution >= 0.6 is 0 Å². The van der Waals surface area contributed by atoms with E-state index in [4.69, 9.17) is 9.84 Å². The van der Waals surface area contributed by atoms with Crippen molar-refractivity contribution in [3.63, 3.8) is 0 Å². The zero-order valence-electron chi connectivity index (χ0n) is 15.8. The number of carboxylic acid groups (broad SMARTS) is 1. The van der Waals surface area contributed by atoms with Crippen molar-refractivity contribution in [2.75, 3.05) is 18.5 Å². The Kier molecular flexibility index (Phi) is 6.67. The van der Waals surface area contributed by atoms with Gasteiger partial charge in [0.1, 0.15) is 5.75 Å². The Bertz CT molecular complexity index is 878. The molecule has 0 spiro atoms. The van der Waals surface area contributed by atoms with E-state index in [-0.39, 0.29) is 24.6 Å². The predicted octanol–water partition coefficient (Wildman–Crippen LogP) is 2.41. The molecule has 0 bridgehead atoms. The van der Waals surface area contributed by atoms with Gasteiger partial charge in [0.2, 0.25) is 0 Å². The lowest BCUT2D eigenvalue weighted by Gasteiger charge is -2.09. The van der Waals surface area contributed by atoms with Crippen molar-refractivity contribution in [2.24, 2.45) is 0 Å². The van der Waals surface area contributed by atoms with E-state index in [9.17, 15) is 14.4 Å². The molecule has 0 unspecified atom stereocenters. The fraction of sp³-hybridized carbons (Fsp3) is 0.286. The molecule has 8 heteroatoms. The first-order valence-electron chi connectivity index (χ1n) is 9.39. The molecule has 0 aliphatic heterocycles. The highest BCUT2D eigenvalue weighted by Crippen LogP contribution is 2.19. The van der Waals surface area contributed by atoms with Gasteiger partial charge in [-0.15, -0.1) is 0 Å². The molecule has 3 amide bonds. The highest BCUT2D eigenvalue weighted by atomic mass is 16.5. The summed E-state index contributed by atoms with van der Waals surface area (Å²) in [6, 6.07) is 13.8. The SMILES string of the molecule is O=C(O)COc1ccc(CCNC(=O)c2cccc(NC(=O)NC3CC3)c2)cc1. The van der Waals surface area contributed by atoms with Gasteiger partial charge in [-0.05, 0) is 55.2 Å². The third-order valence-corrected chi connectivity index (χ3v) is 4.28. The molecule has 29 heavy (non-hydrogen) atoms. The molecular formula is C21H23N3O5. The summed E-state index contributed by atoms with van der Waals surface area (Å²) < 4.78 is 5.08. The van der Waals surface area contributed by atoms with Gasteiger partial charge < -0.3 is 25.8 Å². The van der Waals surface area contributed by atoms with Gasteiger partial charge in [-0.3, -0.25) is 4.79 Å². The molecule has 0 atom stereocenters. The van der Waals surface area contributed by atoms with Crippen LogP contribution in [-0.4, -0.2) is 42.2 Å². The number of nitrogens with one attached hydrogen (secondary N) is 3. The molecule has 0 aromatic heterocycles. The summed E-state index contributed by atoms with van der Waals surface area (Å²) in [5.41, 5.74) is 2.01. The number of amides is 3. The third kappa shape index (κ3) is 6.84. The van der Waals surface area contributed by atoms with Gasteiger partial charge >= 0.3 is 12.0 Å². The second-order valence-corrected chi connectivity index (χ2v) is 6.79. The number of carboxylic acids is 1. The summed E-state index contributed by atoms with van der Waals surface area (Å²) in [6.07, 6.45) is 2.63. The molecule has 3 rings (SSSR count). The van der Waals surface area contributed by atoms with Crippen LogP contribution in [0.5, 0.6) is 5.75 Å². The minimum atomic E-state index is -1.03. The van der Waals surface area contributed by atoms with Crippen molar-refractivity contribution in [3.05, 3.63) is 59.7 Å². The quantitative estimate of drug-likeness (QED) is 0.518. The fourth-order valence-corrected chi connectivity index (χ4v) is 2.64. The summed E-state index contributed by atoms with van der Waals surface area (Å²) in [7, 11) is 0. The number of carbonyl (C=O) groups excluding carboxylic acids is 2. The van der Waals surface area contributed by atoms with Gasteiger partial charge in [0.25, 0.3) is 5.91 Å². The van der Waals surface area contributed by atoms with E-state index in [1.54, 1.807) is 36.4 Å². The second-order valence-electron chi connectivity index (χ2n) is 6.79. The normalized spacial score (nSPS) is 12.7. The Morgan fingerprint density at radius 1 is 1.07 bits per heavy atom. The summed E-state index contributed by atoms with van der Waals surface area (Å²) in [4.78, 5) is 34.7. The average molecular weight is 397 g/mol. The van der Waals surface area contributed by atoms with Crippen molar-refractivity contribution < 1.29 is 24.2 Å². The van der Waals surface area contributed by atoms with Crippen molar-refractivity contribution in [1.82, 2.24) is 10.6 Å². The molecule has 1 aliphatic rings. The number of benzene rings is 2. The van der Waals surface area contributed by atoms with E-state index in [0.717, 1.165) is 18.4 Å². The van der Waals surface area contributed by atoms with Gasteiger partial charge in [-0.2, -0.15) is 0 Å². The number of anilines is 1. The summed E-state index contributed by atoms with van der Waals surface area (Å²) in [6.45, 7) is 0.0551. The minimum absolute atomic E-state index is 0.224. The molecule has 1 fully saturated rings. The Morgan fingerprint density at radius 2 is 1.83 bits per heavy atom. The zero-order chi connectivity index (χ0) is 20.6. The molecule has 4 N–H and O–H groups in total. The van der Waals surface area contributed by atoms with Crippen LogP contribution in [0.4, 0.5) is 10.5 Å².